The second-order valence-electron chi connectivity index (χ2n) is 20.6. The van der Waals surface area contributed by atoms with E-state index in [-0.39, 0.29) is 37.9 Å². The number of phosphoric ester groups is 1. The molecule has 3 atom stereocenters. The minimum atomic E-state index is -4.47. The number of hydrogen-bond acceptors (Lipinski definition) is 6. The van der Waals surface area contributed by atoms with Crippen molar-refractivity contribution in [2.45, 2.75) is 226 Å². The van der Waals surface area contributed by atoms with Gasteiger partial charge < -0.3 is 19.4 Å². The molecule has 1 amide bonds. The molecule has 0 aromatic heterocycles. The number of phosphoric acid groups is 1. The zero-order chi connectivity index (χ0) is 55.0. The maximum absolute atomic E-state index is 13.5. The molecule has 0 aliphatic carbocycles. The van der Waals surface area contributed by atoms with Crippen LogP contribution in [-0.4, -0.2) is 74.3 Å². The van der Waals surface area contributed by atoms with Crippen LogP contribution in [0, 0.1) is 0 Å². The molecule has 0 aliphatic heterocycles. The van der Waals surface area contributed by atoms with Crippen molar-refractivity contribution in [3.63, 3.8) is 0 Å². The Balaban J connectivity index is 5.40. The molecule has 0 spiro atoms. The number of hydrogen-bond donors (Lipinski definition) is 2. The van der Waals surface area contributed by atoms with Gasteiger partial charge in [-0.1, -0.05) is 238 Å². The summed E-state index contributed by atoms with van der Waals surface area (Å²) in [6.45, 7) is 6.75. The fourth-order valence-corrected chi connectivity index (χ4v) is 8.39. The van der Waals surface area contributed by atoms with E-state index in [0.29, 0.717) is 23.9 Å². The van der Waals surface area contributed by atoms with Gasteiger partial charge in [0, 0.05) is 12.8 Å². The molecule has 0 aromatic rings. The van der Waals surface area contributed by atoms with E-state index in [2.05, 4.69) is 86.8 Å². The van der Waals surface area contributed by atoms with Crippen LogP contribution in [0.15, 0.2) is 134 Å². The van der Waals surface area contributed by atoms with Crippen molar-refractivity contribution in [1.29, 1.82) is 0 Å². The number of allylic oxidation sites excluding steroid dienone is 21. The lowest BCUT2D eigenvalue weighted by Crippen LogP contribution is -2.47. The predicted molar refractivity (Wildman–Crippen MR) is 323 cm³/mol. The Morgan fingerprint density at radius 3 is 1.44 bits per heavy atom. The van der Waals surface area contributed by atoms with Crippen LogP contribution < -0.4 is 5.32 Å². The summed E-state index contributed by atoms with van der Waals surface area (Å²) in [5.74, 6) is -0.590. The van der Waals surface area contributed by atoms with Crippen LogP contribution in [0.25, 0.3) is 0 Å². The highest BCUT2D eigenvalue weighted by molar-refractivity contribution is 7.47. The molecule has 0 saturated carbocycles. The highest BCUT2D eigenvalue weighted by Crippen LogP contribution is 2.43. The first kappa shape index (κ1) is 71.2. The van der Waals surface area contributed by atoms with Crippen LogP contribution in [0.2, 0.25) is 0 Å². The Hall–Kier alpha value is -3.85. The fraction of sp³-hybridized carbons (Fsp3) is 0.631. The second-order valence-corrected chi connectivity index (χ2v) is 22.0. The molecule has 0 fully saturated rings. The van der Waals surface area contributed by atoms with Crippen LogP contribution in [0.5, 0.6) is 0 Å². The van der Waals surface area contributed by atoms with Gasteiger partial charge in [0.05, 0.1) is 33.8 Å². The van der Waals surface area contributed by atoms with Crippen molar-refractivity contribution in [3.05, 3.63) is 134 Å². The molecule has 3 unspecified atom stereocenters. The number of ether oxygens (including phenoxy) is 1. The van der Waals surface area contributed by atoms with Crippen LogP contribution in [0.1, 0.15) is 213 Å². The van der Waals surface area contributed by atoms with E-state index >= 15 is 0 Å². The van der Waals surface area contributed by atoms with Crippen molar-refractivity contribution in [2.24, 2.45) is 0 Å². The molecule has 2 N–H and O–H groups in total. The number of nitrogens with zero attached hydrogens (tertiary/aromatic N) is 1. The fourth-order valence-electron chi connectivity index (χ4n) is 7.66. The number of amides is 1. The molecule has 9 nitrogen and oxygen atoms in total. The van der Waals surface area contributed by atoms with Gasteiger partial charge in [-0.3, -0.25) is 18.6 Å². The zero-order valence-electron chi connectivity index (χ0n) is 48.5. The molecule has 0 rings (SSSR count). The Bertz CT molecular complexity index is 1740. The number of carbonyl (C=O) groups excluding carboxylic acids is 2. The summed E-state index contributed by atoms with van der Waals surface area (Å²) in [7, 11) is 1.43. The van der Waals surface area contributed by atoms with Crippen LogP contribution in [0.3, 0.4) is 0 Å². The minimum Gasteiger partial charge on any atom is -0.456 e. The Morgan fingerprint density at radius 1 is 0.493 bits per heavy atom. The summed E-state index contributed by atoms with van der Waals surface area (Å²) in [6, 6.07) is -0.889. The third kappa shape index (κ3) is 54.7. The summed E-state index contributed by atoms with van der Waals surface area (Å²) >= 11 is 0. The molecule has 0 radical (unpaired) electrons. The number of esters is 1. The number of carbonyl (C=O) groups is 2. The molecule has 426 valence electrons. The molecule has 0 aliphatic rings. The van der Waals surface area contributed by atoms with Crippen LogP contribution in [0.4, 0.5) is 0 Å². The third-order valence-corrected chi connectivity index (χ3v) is 13.2. The number of rotatable bonds is 51. The van der Waals surface area contributed by atoms with Gasteiger partial charge in [0.2, 0.25) is 5.91 Å². The number of nitrogens with one attached hydrogen (secondary N) is 1. The molecule has 75 heavy (non-hydrogen) atoms. The molecule has 0 saturated heterocycles. The van der Waals surface area contributed by atoms with Gasteiger partial charge in [-0.05, 0) is 96.0 Å². The lowest BCUT2D eigenvalue weighted by Gasteiger charge is -2.27. The molecule has 0 aromatic carbocycles. The highest BCUT2D eigenvalue weighted by atomic mass is 31.2. The Morgan fingerprint density at radius 2 is 0.907 bits per heavy atom. The van der Waals surface area contributed by atoms with Gasteiger partial charge in [0.25, 0.3) is 0 Å². The van der Waals surface area contributed by atoms with Crippen molar-refractivity contribution in [3.8, 4) is 0 Å². The van der Waals surface area contributed by atoms with Crippen molar-refractivity contribution in [2.75, 3.05) is 40.9 Å². The summed E-state index contributed by atoms with van der Waals surface area (Å²) in [5, 5.41) is 3.01. The topological polar surface area (TPSA) is 111 Å². The Labute approximate surface area is 460 Å². The van der Waals surface area contributed by atoms with Crippen molar-refractivity contribution in [1.82, 2.24) is 5.32 Å². The second kappa shape index (κ2) is 53.5. The van der Waals surface area contributed by atoms with Gasteiger partial charge in [0.15, 0.2) is 0 Å². The highest BCUT2D eigenvalue weighted by Gasteiger charge is 2.30. The van der Waals surface area contributed by atoms with E-state index in [4.69, 9.17) is 13.8 Å². The molecule has 10 heteroatoms. The quantitative estimate of drug-likeness (QED) is 0.0156. The normalized spacial score (nSPS) is 14.7. The number of likely N-dealkylation sites (N-methyl/N-ethyl adjacent to an activating group) is 1. The summed E-state index contributed by atoms with van der Waals surface area (Å²) < 4.78 is 30.6. The van der Waals surface area contributed by atoms with Gasteiger partial charge in [-0.25, -0.2) is 4.57 Å². The van der Waals surface area contributed by atoms with Gasteiger partial charge in [-0.2, -0.15) is 0 Å². The van der Waals surface area contributed by atoms with E-state index in [1.165, 1.54) is 70.6 Å². The lowest BCUT2D eigenvalue weighted by atomic mass is 10.1. The average molecular weight is 1060 g/mol. The smallest absolute Gasteiger partial charge is 0.456 e. The Kier molecular flexibility index (Phi) is 50.8. The average Bonchev–Trinajstić information content (AvgIpc) is 3.37. The van der Waals surface area contributed by atoms with Gasteiger partial charge in [-0.15, -0.1) is 0 Å². The van der Waals surface area contributed by atoms with Crippen molar-refractivity contribution < 1.29 is 37.3 Å². The van der Waals surface area contributed by atoms with E-state index in [9.17, 15) is 19.0 Å². The maximum atomic E-state index is 13.5. The molecular weight excluding hydrogens is 952 g/mol. The molecule has 0 bridgehead atoms. The van der Waals surface area contributed by atoms with Crippen molar-refractivity contribution >= 4 is 19.7 Å². The standard InChI is InChI=1S/C65H109N2O7P/c1-7-10-13-16-19-22-25-27-29-31-32-33-34-36-38-40-43-46-49-52-55-58-65(69)74-63(56-53-50-47-44-41-24-21-18-15-12-9-3)62(61-73-75(70,71)72-60-59-67(4,5)6)66-64(68)57-54-51-48-45-42-39-37-35-30-28-26-23-20-17-14-11-8-2/h11,14,17,19-20,22-23,26-30,32-33,35-39,42,53,56,62-63H,7-10,12-13,15-16,18,21,24-25,31,34,40-41,43-52,54-55,57-61H2,1-6H3,(H-,66,68,70,71)/p+1/b14-11-,20-17+,22-19-,26-23+,29-27-,30-28-,33-32-,37-35+,38-36-,42-39+,56-53+. The van der Waals surface area contributed by atoms with Gasteiger partial charge in [0.1, 0.15) is 19.3 Å². The number of unbranched alkanes of at least 4 members (excludes halogenated alkanes) is 20. The monoisotopic (exact) mass is 1060 g/mol. The largest absolute Gasteiger partial charge is 0.472 e. The minimum absolute atomic E-state index is 0.0195. The van der Waals surface area contributed by atoms with E-state index in [1.807, 2.05) is 94.1 Å². The van der Waals surface area contributed by atoms with E-state index in [0.717, 1.165) is 96.3 Å². The summed E-state index contributed by atoms with van der Waals surface area (Å²) in [6.07, 6.45) is 75.9. The van der Waals surface area contributed by atoms with E-state index < -0.39 is 20.0 Å². The molecule has 0 heterocycles. The molecular formula is C65H110N2O7P+. The summed E-state index contributed by atoms with van der Waals surface area (Å²) in [5.41, 5.74) is 0. The van der Waals surface area contributed by atoms with E-state index in [1.54, 1.807) is 0 Å². The first-order valence-electron chi connectivity index (χ1n) is 29.6. The SMILES string of the molecule is CC\C=C/C=C/C=C/C=C\C=C\C=C\CCCCCC(=O)NC(COP(=O)(O)OCC[N+](C)(C)C)C(/C=C/CCCCCCCCCCC)OC(=O)CCCCCCC/C=C\C/C=C\C/C=C\C/C=C\CCCCC. The summed E-state index contributed by atoms with van der Waals surface area (Å²) in [4.78, 5) is 37.6. The zero-order valence-corrected chi connectivity index (χ0v) is 49.4. The predicted octanol–water partition coefficient (Wildman–Crippen LogP) is 18.1. The van der Waals surface area contributed by atoms with Gasteiger partial charge >= 0.3 is 13.8 Å². The van der Waals surface area contributed by atoms with Crippen LogP contribution >= 0.6 is 7.82 Å². The third-order valence-electron chi connectivity index (χ3n) is 12.2. The first-order valence-corrected chi connectivity index (χ1v) is 31.1. The number of quaternary nitrogens is 1. The van der Waals surface area contributed by atoms with Crippen LogP contribution in [-0.2, 0) is 27.9 Å². The first-order chi connectivity index (χ1) is 36.4. The maximum Gasteiger partial charge on any atom is 0.472 e. The lowest BCUT2D eigenvalue weighted by molar-refractivity contribution is -0.870.